The normalized spacial score (nSPS) is 41.2. The van der Waals surface area contributed by atoms with Crippen molar-refractivity contribution in [3.63, 3.8) is 0 Å². The van der Waals surface area contributed by atoms with Gasteiger partial charge in [0.1, 0.15) is 0 Å². The van der Waals surface area contributed by atoms with Gasteiger partial charge in [0.2, 0.25) is 0 Å². The van der Waals surface area contributed by atoms with Crippen LogP contribution in [0.1, 0.15) is 132 Å². The molecule has 0 aromatic rings. The highest BCUT2D eigenvalue weighted by Crippen LogP contribution is 2.61. The Balaban J connectivity index is 0.000000218. The zero-order valence-electron chi connectivity index (χ0n) is 26.7. The Kier molecular flexibility index (Phi) is 10.7. The predicted octanol–water partition coefficient (Wildman–Crippen LogP) is 9.09. The molecule has 39 heavy (non-hydrogen) atoms. The van der Waals surface area contributed by atoms with Gasteiger partial charge in [0.25, 0.3) is 0 Å². The first-order valence-corrected chi connectivity index (χ1v) is 15.9. The summed E-state index contributed by atoms with van der Waals surface area (Å²) in [7, 11) is 6.88. The van der Waals surface area contributed by atoms with Crippen LogP contribution in [0.25, 0.3) is 0 Å². The van der Waals surface area contributed by atoms with Gasteiger partial charge in [-0.15, -0.1) is 13.2 Å². The molecule has 2 heterocycles. The second-order valence-corrected chi connectivity index (χ2v) is 14.4. The Bertz CT molecular complexity index is 810. The Hall–Kier alpha value is -0.615. The van der Waals surface area contributed by atoms with Gasteiger partial charge in [0, 0.05) is 5.92 Å². The smallest absolute Gasteiger partial charge is 0.164 e. The van der Waals surface area contributed by atoms with Crippen LogP contribution in [0.2, 0.25) is 5.31 Å². The summed E-state index contributed by atoms with van der Waals surface area (Å²) in [6.07, 6.45) is 19.2. The van der Waals surface area contributed by atoms with E-state index in [1.54, 1.807) is 0 Å². The Labute approximate surface area is 242 Å². The van der Waals surface area contributed by atoms with E-state index < -0.39 is 22.5 Å². The van der Waals surface area contributed by atoms with Gasteiger partial charge >= 0.3 is 0 Å². The molecule has 0 aromatic heterocycles. The molecule has 0 aromatic carbocycles. The highest BCUT2D eigenvalue weighted by atomic mass is 16.7. The van der Waals surface area contributed by atoms with Crippen molar-refractivity contribution in [1.29, 1.82) is 0 Å². The molecule has 0 spiro atoms. The van der Waals surface area contributed by atoms with Crippen LogP contribution in [0.3, 0.4) is 0 Å². The van der Waals surface area contributed by atoms with E-state index in [2.05, 4.69) is 40.9 Å². The molecule has 222 valence electrons. The molecule has 2 saturated heterocycles. The van der Waals surface area contributed by atoms with Gasteiger partial charge in [-0.2, -0.15) is 0 Å². The van der Waals surface area contributed by atoms with Crippen molar-refractivity contribution in [2.24, 2.45) is 17.8 Å². The quantitative estimate of drug-likeness (QED) is 0.248. The summed E-state index contributed by atoms with van der Waals surface area (Å²) in [4.78, 5) is 0. The number of rotatable bonds is 6. The summed E-state index contributed by atoms with van der Waals surface area (Å²) in [5.74, 6) is 0.627. The molecule has 0 N–H and O–H groups in total. The summed E-state index contributed by atoms with van der Waals surface area (Å²) < 4.78 is 25.1. The molecule has 2 aliphatic heterocycles. The molecule has 3 unspecified atom stereocenters. The molecule has 2 radical (unpaired) electrons. The molecular weight excluding hydrogens is 483 g/mol. The van der Waals surface area contributed by atoms with Crippen molar-refractivity contribution in [2.75, 3.05) is 0 Å². The van der Waals surface area contributed by atoms with Crippen molar-refractivity contribution in [1.82, 2.24) is 0 Å². The third-order valence-corrected chi connectivity index (χ3v) is 10.4. The zero-order valence-corrected chi connectivity index (χ0v) is 26.7. The summed E-state index contributed by atoms with van der Waals surface area (Å²) in [6, 6.07) is 0. The molecular formula is C34H59BO4. The fraction of sp³-hybridized carbons (Fsp3) is 0.882. The van der Waals surface area contributed by atoms with Crippen molar-refractivity contribution >= 4 is 7.85 Å². The topological polar surface area (TPSA) is 36.9 Å². The highest BCUT2D eigenvalue weighted by molar-refractivity contribution is 6.17. The molecule has 4 nitrogen and oxygen atoms in total. The first-order chi connectivity index (χ1) is 18.1. The summed E-state index contributed by atoms with van der Waals surface area (Å²) in [5.41, 5.74) is -0.852. The maximum atomic E-state index is 6.88. The lowest BCUT2D eigenvalue weighted by molar-refractivity contribution is -0.384. The highest BCUT2D eigenvalue weighted by Gasteiger charge is 2.63. The molecule has 0 amide bonds. The van der Waals surface area contributed by atoms with Crippen LogP contribution in [0.15, 0.2) is 25.3 Å². The lowest BCUT2D eigenvalue weighted by atomic mass is 9.46. The molecule has 4 fully saturated rings. The van der Waals surface area contributed by atoms with Crippen molar-refractivity contribution in [3.8, 4) is 0 Å². The molecule has 4 rings (SSSR count). The van der Waals surface area contributed by atoms with Gasteiger partial charge in [-0.3, -0.25) is 0 Å². The van der Waals surface area contributed by atoms with E-state index >= 15 is 0 Å². The third-order valence-electron chi connectivity index (χ3n) is 10.4. The van der Waals surface area contributed by atoms with E-state index in [1.807, 2.05) is 39.8 Å². The first-order valence-electron chi connectivity index (χ1n) is 15.9. The van der Waals surface area contributed by atoms with Gasteiger partial charge in [-0.25, -0.2) is 0 Å². The maximum Gasteiger partial charge on any atom is 0.164 e. The van der Waals surface area contributed by atoms with Crippen molar-refractivity contribution < 1.29 is 18.9 Å². The lowest BCUT2D eigenvalue weighted by Gasteiger charge is -2.65. The average molecular weight is 543 g/mol. The molecule has 6 atom stereocenters. The van der Waals surface area contributed by atoms with Crippen LogP contribution < -0.4 is 0 Å². The van der Waals surface area contributed by atoms with Gasteiger partial charge in [-0.05, 0) is 97.2 Å². The maximum absolute atomic E-state index is 6.88. The molecule has 2 aliphatic carbocycles. The molecule has 0 bridgehead atoms. The largest absolute Gasteiger partial charge is 0.347 e. The number of hydrogen-bond acceptors (Lipinski definition) is 4. The fourth-order valence-electron chi connectivity index (χ4n) is 8.06. The van der Waals surface area contributed by atoms with Crippen LogP contribution >= 0.6 is 0 Å². The second-order valence-electron chi connectivity index (χ2n) is 14.4. The number of ether oxygens (including phenoxy) is 4. The lowest BCUT2D eigenvalue weighted by Crippen LogP contribution is -2.67. The van der Waals surface area contributed by atoms with Crippen molar-refractivity contribution in [3.05, 3.63) is 25.3 Å². The monoisotopic (exact) mass is 542 g/mol. The minimum absolute atomic E-state index is 0.262. The van der Waals surface area contributed by atoms with Gasteiger partial charge in [-0.1, -0.05) is 64.5 Å². The van der Waals surface area contributed by atoms with Gasteiger partial charge in [0.05, 0.1) is 31.3 Å². The van der Waals surface area contributed by atoms with E-state index in [-0.39, 0.29) is 11.7 Å². The van der Waals surface area contributed by atoms with Crippen LogP contribution in [-0.4, -0.2) is 42.8 Å². The van der Waals surface area contributed by atoms with Gasteiger partial charge in [0.15, 0.2) is 11.6 Å². The third kappa shape index (κ3) is 7.24. The fourth-order valence-corrected chi connectivity index (χ4v) is 8.06. The molecule has 4 aliphatic rings. The zero-order chi connectivity index (χ0) is 29.1. The minimum Gasteiger partial charge on any atom is -0.347 e. The average Bonchev–Trinajstić information content (AvgIpc) is 2.86. The standard InChI is InChI=1S/C18H31BO2.C16H28O2/c1-7-13-16(4)18(6,19)17(5,21-15(2,3)20-16)14-11-9-8-10-12-14;1-5-9-14-12(2)15(18-16(3,4)17-14)13-10-7-6-8-11-13/h7,14H,1,8-13H2,2-6H3;5,12-15H,1,6-11H2,2-4H3/t;12-,14-,15-/m.0/s1. The summed E-state index contributed by atoms with van der Waals surface area (Å²) in [6.45, 7) is 24.5. The SMILES string of the molecule is C=CC[C@@H]1OC(C)(C)O[C@H](C2CCCCC2)[C@H]1C.[B]C1(C)C(C)(CC=C)OC(C)(C)OC1(C)C1CCCCC1. The summed E-state index contributed by atoms with van der Waals surface area (Å²) in [5, 5.41) is -0.564. The van der Waals surface area contributed by atoms with E-state index in [4.69, 9.17) is 26.8 Å². The van der Waals surface area contributed by atoms with Crippen LogP contribution in [0, 0.1) is 17.8 Å². The number of hydrogen-bond donors (Lipinski definition) is 0. The van der Waals surface area contributed by atoms with E-state index in [0.29, 0.717) is 17.9 Å². The van der Waals surface area contributed by atoms with E-state index in [1.165, 1.54) is 64.2 Å². The van der Waals surface area contributed by atoms with Gasteiger partial charge < -0.3 is 18.9 Å². The predicted molar refractivity (Wildman–Crippen MR) is 163 cm³/mol. The van der Waals surface area contributed by atoms with E-state index in [0.717, 1.165) is 18.8 Å². The Morgan fingerprint density at radius 3 is 1.85 bits per heavy atom. The van der Waals surface area contributed by atoms with Crippen LogP contribution in [0.4, 0.5) is 0 Å². The molecule has 5 heteroatoms. The minimum atomic E-state index is -0.622. The Morgan fingerprint density at radius 2 is 1.31 bits per heavy atom. The van der Waals surface area contributed by atoms with Crippen LogP contribution in [-0.2, 0) is 18.9 Å². The van der Waals surface area contributed by atoms with Crippen molar-refractivity contribution in [2.45, 2.75) is 173 Å². The first kappa shape index (κ1) is 32.9. The van der Waals surface area contributed by atoms with E-state index in [9.17, 15) is 0 Å². The second kappa shape index (κ2) is 12.7. The summed E-state index contributed by atoms with van der Waals surface area (Å²) >= 11 is 0. The molecule has 2 saturated carbocycles. The van der Waals surface area contributed by atoms with Crippen LogP contribution in [0.5, 0.6) is 0 Å². The Morgan fingerprint density at radius 1 is 0.744 bits per heavy atom.